The average molecular weight is 192 g/mol. The molecule has 0 aromatic heterocycles. The molecule has 2 nitrogen and oxygen atoms in total. The van der Waals surface area contributed by atoms with Gasteiger partial charge in [0.15, 0.2) is 0 Å². The molecule has 0 radical (unpaired) electrons. The Labute approximate surface area is 79.9 Å². The summed E-state index contributed by atoms with van der Waals surface area (Å²) in [6.45, 7) is 0.458. The minimum Gasteiger partial charge on any atom is -0.389 e. The predicted octanol–water partition coefficient (Wildman–Crippen LogP) is 1.31. The van der Waals surface area contributed by atoms with E-state index in [1.165, 1.54) is 19.3 Å². The van der Waals surface area contributed by atoms with Gasteiger partial charge in [0.1, 0.15) is 0 Å². The van der Waals surface area contributed by atoms with Crippen molar-refractivity contribution >= 4 is 12.4 Å². The van der Waals surface area contributed by atoms with Crippen molar-refractivity contribution in [1.29, 1.82) is 0 Å². The Morgan fingerprint density at radius 2 is 1.75 bits per heavy atom. The van der Waals surface area contributed by atoms with E-state index in [-0.39, 0.29) is 12.4 Å². The van der Waals surface area contributed by atoms with Crippen molar-refractivity contribution in [2.75, 3.05) is 6.54 Å². The lowest BCUT2D eigenvalue weighted by atomic mass is 9.78. The zero-order valence-electron chi connectivity index (χ0n) is 7.33. The Morgan fingerprint density at radius 1 is 1.25 bits per heavy atom. The topological polar surface area (TPSA) is 46.2 Å². The van der Waals surface area contributed by atoms with Crippen LogP contribution < -0.4 is 5.73 Å². The highest BCUT2D eigenvalue weighted by Crippen LogP contribution is 2.45. The third-order valence-electron chi connectivity index (χ3n) is 3.37. The summed E-state index contributed by atoms with van der Waals surface area (Å²) in [4.78, 5) is 0. The molecule has 2 aliphatic carbocycles. The van der Waals surface area contributed by atoms with Crippen molar-refractivity contribution in [3.63, 3.8) is 0 Å². The zero-order chi connectivity index (χ0) is 7.90. The predicted molar refractivity (Wildman–Crippen MR) is 51.3 cm³/mol. The maximum Gasteiger partial charge on any atom is 0.0774 e. The van der Waals surface area contributed by atoms with Crippen molar-refractivity contribution in [3.05, 3.63) is 0 Å². The van der Waals surface area contributed by atoms with Gasteiger partial charge in [-0.3, -0.25) is 0 Å². The third kappa shape index (κ3) is 1.76. The molecule has 0 amide bonds. The summed E-state index contributed by atoms with van der Waals surface area (Å²) in [5.41, 5.74) is 5.04. The molecule has 0 aromatic carbocycles. The molecule has 2 fully saturated rings. The molecule has 3 N–H and O–H groups in total. The fourth-order valence-corrected chi connectivity index (χ4v) is 2.87. The van der Waals surface area contributed by atoms with Crippen molar-refractivity contribution in [2.45, 2.75) is 37.7 Å². The van der Waals surface area contributed by atoms with Gasteiger partial charge in [-0.1, -0.05) is 12.8 Å². The van der Waals surface area contributed by atoms with Crippen LogP contribution in [0.5, 0.6) is 0 Å². The number of rotatable bonds is 1. The molecule has 0 heterocycles. The molecule has 2 unspecified atom stereocenters. The van der Waals surface area contributed by atoms with Crippen LogP contribution in [-0.2, 0) is 0 Å². The fraction of sp³-hybridized carbons (Fsp3) is 1.00. The van der Waals surface area contributed by atoms with Gasteiger partial charge in [0.25, 0.3) is 0 Å². The molecule has 3 heteroatoms. The molecule has 0 spiro atoms. The second-order valence-electron chi connectivity index (χ2n) is 4.38. The van der Waals surface area contributed by atoms with Crippen LogP contribution in [-0.4, -0.2) is 17.3 Å². The quantitative estimate of drug-likeness (QED) is 0.657. The van der Waals surface area contributed by atoms with Gasteiger partial charge in [0.2, 0.25) is 0 Å². The molecule has 0 aromatic rings. The second-order valence-corrected chi connectivity index (χ2v) is 4.38. The molecule has 2 atom stereocenters. The van der Waals surface area contributed by atoms with Crippen LogP contribution in [0.3, 0.4) is 0 Å². The van der Waals surface area contributed by atoms with E-state index < -0.39 is 5.60 Å². The summed E-state index contributed by atoms with van der Waals surface area (Å²) >= 11 is 0. The molecule has 0 aliphatic heterocycles. The number of nitrogens with two attached hydrogens (primary N) is 1. The molecule has 2 bridgehead atoms. The Hall–Kier alpha value is 0.210. The molecule has 2 aliphatic rings. The van der Waals surface area contributed by atoms with Gasteiger partial charge < -0.3 is 10.8 Å². The summed E-state index contributed by atoms with van der Waals surface area (Å²) in [6.07, 6.45) is 5.92. The molecule has 0 saturated heterocycles. The van der Waals surface area contributed by atoms with E-state index in [2.05, 4.69) is 0 Å². The summed E-state index contributed by atoms with van der Waals surface area (Å²) in [5, 5.41) is 9.94. The Kier molecular flexibility index (Phi) is 3.02. The molecule has 2 saturated carbocycles. The summed E-state index contributed by atoms with van der Waals surface area (Å²) < 4.78 is 0. The van der Waals surface area contributed by atoms with Gasteiger partial charge in [-0.25, -0.2) is 0 Å². The highest BCUT2D eigenvalue weighted by Gasteiger charge is 2.41. The maximum atomic E-state index is 9.94. The number of hydrogen-bond donors (Lipinski definition) is 2. The minimum absolute atomic E-state index is 0. The lowest BCUT2D eigenvalue weighted by Crippen LogP contribution is -2.42. The number of fused-ring (bicyclic) bond motifs is 2. The van der Waals surface area contributed by atoms with Crippen molar-refractivity contribution in [3.8, 4) is 0 Å². The van der Waals surface area contributed by atoms with Gasteiger partial charge in [0, 0.05) is 6.54 Å². The van der Waals surface area contributed by atoms with E-state index in [1.54, 1.807) is 0 Å². The van der Waals surface area contributed by atoms with Gasteiger partial charge >= 0.3 is 0 Å². The largest absolute Gasteiger partial charge is 0.389 e. The SMILES string of the molecule is Cl.NCC1(O)CC2CCC(C2)C1. The first kappa shape index (κ1) is 10.3. The summed E-state index contributed by atoms with van der Waals surface area (Å²) in [7, 11) is 0. The van der Waals surface area contributed by atoms with E-state index in [9.17, 15) is 5.11 Å². The van der Waals surface area contributed by atoms with Gasteiger partial charge in [-0.15, -0.1) is 12.4 Å². The van der Waals surface area contributed by atoms with Crippen molar-refractivity contribution in [1.82, 2.24) is 0 Å². The number of hydrogen-bond acceptors (Lipinski definition) is 2. The van der Waals surface area contributed by atoms with E-state index in [0.717, 1.165) is 24.7 Å². The Morgan fingerprint density at radius 3 is 2.17 bits per heavy atom. The molecule has 12 heavy (non-hydrogen) atoms. The van der Waals surface area contributed by atoms with Crippen LogP contribution >= 0.6 is 12.4 Å². The van der Waals surface area contributed by atoms with Crippen LogP contribution in [0.2, 0.25) is 0 Å². The van der Waals surface area contributed by atoms with Crippen LogP contribution in [0.25, 0.3) is 0 Å². The maximum absolute atomic E-state index is 9.94. The smallest absolute Gasteiger partial charge is 0.0774 e. The molecule has 72 valence electrons. The third-order valence-corrected chi connectivity index (χ3v) is 3.37. The second kappa shape index (κ2) is 3.52. The van der Waals surface area contributed by atoms with Crippen molar-refractivity contribution in [2.24, 2.45) is 17.6 Å². The first-order valence-electron chi connectivity index (χ1n) is 4.64. The van der Waals surface area contributed by atoms with E-state index in [1.807, 2.05) is 0 Å². The highest BCUT2D eigenvalue weighted by atomic mass is 35.5. The van der Waals surface area contributed by atoms with Crippen molar-refractivity contribution < 1.29 is 5.11 Å². The van der Waals surface area contributed by atoms with Crippen LogP contribution in [0.4, 0.5) is 0 Å². The number of halogens is 1. The van der Waals surface area contributed by atoms with Gasteiger partial charge in [-0.05, 0) is 31.1 Å². The standard InChI is InChI=1S/C9H17NO.ClH/c10-6-9(11)4-7-1-2-8(3-7)5-9;/h7-8,11H,1-6,10H2;1H. The molecular weight excluding hydrogens is 174 g/mol. The normalized spacial score (nSPS) is 45.5. The van der Waals surface area contributed by atoms with Crippen LogP contribution in [0.1, 0.15) is 32.1 Å². The van der Waals surface area contributed by atoms with E-state index >= 15 is 0 Å². The number of aliphatic hydroxyl groups is 1. The summed E-state index contributed by atoms with van der Waals surface area (Å²) in [6, 6.07) is 0. The summed E-state index contributed by atoms with van der Waals surface area (Å²) in [5.74, 6) is 1.56. The minimum atomic E-state index is -0.496. The lowest BCUT2D eigenvalue weighted by Gasteiger charge is -2.35. The monoisotopic (exact) mass is 191 g/mol. The van der Waals surface area contributed by atoms with E-state index in [0.29, 0.717) is 6.54 Å². The van der Waals surface area contributed by atoms with E-state index in [4.69, 9.17) is 5.73 Å². The lowest BCUT2D eigenvalue weighted by molar-refractivity contribution is -0.0121. The van der Waals surface area contributed by atoms with Gasteiger partial charge in [-0.2, -0.15) is 0 Å². The first-order valence-corrected chi connectivity index (χ1v) is 4.64. The van der Waals surface area contributed by atoms with Crippen LogP contribution in [0, 0.1) is 11.8 Å². The first-order chi connectivity index (χ1) is 5.22. The Bertz CT molecular complexity index is 151. The fourth-order valence-electron chi connectivity index (χ4n) is 2.87. The van der Waals surface area contributed by atoms with Gasteiger partial charge in [0.05, 0.1) is 5.60 Å². The molecular formula is C9H18ClNO. The highest BCUT2D eigenvalue weighted by molar-refractivity contribution is 5.85. The zero-order valence-corrected chi connectivity index (χ0v) is 8.15. The van der Waals surface area contributed by atoms with Crippen LogP contribution in [0.15, 0.2) is 0 Å². The Balaban J connectivity index is 0.000000720. The average Bonchev–Trinajstić information content (AvgIpc) is 2.31. The molecule has 2 rings (SSSR count).